The lowest BCUT2D eigenvalue weighted by atomic mass is 9.64. The molecule has 3 N–H and O–H groups in total. The monoisotopic (exact) mass is 584 g/mol. The number of primary amides is 1. The number of aliphatic hydroxyl groups excluding tert-OH is 1. The zero-order valence-electron chi connectivity index (χ0n) is 21.9. The number of piperidine rings is 1. The lowest BCUT2D eigenvalue weighted by Crippen LogP contribution is -2.37. The van der Waals surface area contributed by atoms with Crippen LogP contribution in [-0.4, -0.2) is 51.6 Å². The van der Waals surface area contributed by atoms with Crippen LogP contribution in [0.5, 0.6) is 0 Å². The van der Waals surface area contributed by atoms with E-state index in [9.17, 15) is 9.90 Å². The maximum Gasteiger partial charge on any atom is 0.277 e. The van der Waals surface area contributed by atoms with E-state index in [4.69, 9.17) is 10.7 Å². The van der Waals surface area contributed by atoms with Gasteiger partial charge in [-0.15, -0.1) is 0 Å². The number of thiazole rings is 1. The SMILES string of the molecule is CC(C)(C)C1Cc2cc3nc(C(N)=O)sc3nc2C([C@@H](CCN2CCC(O)CC2)c2cccc(Br)c2)C1. The van der Waals surface area contributed by atoms with Gasteiger partial charge in [0.2, 0.25) is 0 Å². The van der Waals surface area contributed by atoms with E-state index in [0.29, 0.717) is 16.8 Å². The van der Waals surface area contributed by atoms with Gasteiger partial charge >= 0.3 is 0 Å². The topological polar surface area (TPSA) is 92.3 Å². The molecular formula is C29H37BrN4O2S. The number of aromatic nitrogens is 2. The molecule has 1 aliphatic heterocycles. The number of carbonyl (C=O) groups excluding carboxylic acids is 1. The summed E-state index contributed by atoms with van der Waals surface area (Å²) in [5, 5.41) is 10.3. The third-order valence-corrected chi connectivity index (χ3v) is 9.84. The number of amides is 1. The second-order valence-corrected chi connectivity index (χ2v) is 13.8. The van der Waals surface area contributed by atoms with Crippen LogP contribution in [0.25, 0.3) is 10.3 Å². The lowest BCUT2D eigenvalue weighted by molar-refractivity contribution is 0.0800. The van der Waals surface area contributed by atoms with E-state index in [1.165, 1.54) is 22.5 Å². The molecular weight excluding hydrogens is 548 g/mol. The van der Waals surface area contributed by atoms with Gasteiger partial charge in [-0.25, -0.2) is 9.97 Å². The minimum Gasteiger partial charge on any atom is -0.393 e. The molecule has 1 fully saturated rings. The highest BCUT2D eigenvalue weighted by Crippen LogP contribution is 2.49. The summed E-state index contributed by atoms with van der Waals surface area (Å²) in [6.07, 6.45) is 4.62. The zero-order chi connectivity index (χ0) is 26.3. The first-order chi connectivity index (χ1) is 17.6. The van der Waals surface area contributed by atoms with Crippen LogP contribution in [0.4, 0.5) is 0 Å². The van der Waals surface area contributed by atoms with Gasteiger partial charge in [0.05, 0.1) is 6.10 Å². The van der Waals surface area contributed by atoms with Crippen LogP contribution < -0.4 is 5.73 Å². The van der Waals surface area contributed by atoms with Gasteiger partial charge in [0.25, 0.3) is 5.91 Å². The molecule has 1 aliphatic carbocycles. The van der Waals surface area contributed by atoms with Crippen LogP contribution in [0.15, 0.2) is 34.8 Å². The molecule has 6 nitrogen and oxygen atoms in total. The number of aliphatic hydroxyl groups is 1. The molecule has 198 valence electrons. The van der Waals surface area contributed by atoms with Crippen molar-refractivity contribution < 1.29 is 9.90 Å². The van der Waals surface area contributed by atoms with Gasteiger partial charge in [-0.1, -0.05) is 60.2 Å². The summed E-state index contributed by atoms with van der Waals surface area (Å²) in [6, 6.07) is 10.9. The number of carbonyl (C=O) groups is 1. The number of likely N-dealkylation sites (tertiary alicyclic amines) is 1. The van der Waals surface area contributed by atoms with Crippen molar-refractivity contribution in [1.29, 1.82) is 0 Å². The molecule has 3 atom stereocenters. The molecule has 37 heavy (non-hydrogen) atoms. The van der Waals surface area contributed by atoms with Gasteiger partial charge in [-0.3, -0.25) is 4.79 Å². The van der Waals surface area contributed by atoms with Crippen molar-refractivity contribution >= 4 is 43.5 Å². The lowest BCUT2D eigenvalue weighted by Gasteiger charge is -2.42. The van der Waals surface area contributed by atoms with Crippen molar-refractivity contribution in [3.63, 3.8) is 0 Å². The Bertz CT molecular complexity index is 1280. The first-order valence-corrected chi connectivity index (χ1v) is 15.0. The quantitative estimate of drug-likeness (QED) is 0.377. The summed E-state index contributed by atoms with van der Waals surface area (Å²) < 4.78 is 1.09. The van der Waals surface area contributed by atoms with Crippen molar-refractivity contribution in [2.75, 3.05) is 19.6 Å². The van der Waals surface area contributed by atoms with Crippen LogP contribution >= 0.6 is 27.3 Å². The molecule has 3 aromatic rings. The minimum absolute atomic E-state index is 0.161. The van der Waals surface area contributed by atoms with E-state index in [0.717, 1.165) is 72.3 Å². The van der Waals surface area contributed by atoms with E-state index < -0.39 is 5.91 Å². The molecule has 2 aliphatic rings. The number of fused-ring (bicyclic) bond motifs is 2. The predicted octanol–water partition coefficient (Wildman–Crippen LogP) is 5.88. The Kier molecular flexibility index (Phi) is 7.74. The highest BCUT2D eigenvalue weighted by Gasteiger charge is 2.39. The van der Waals surface area contributed by atoms with E-state index in [1.54, 1.807) is 0 Å². The number of halogens is 1. The Morgan fingerprint density at radius 2 is 2.00 bits per heavy atom. The molecule has 1 amide bonds. The number of rotatable bonds is 6. The summed E-state index contributed by atoms with van der Waals surface area (Å²) in [5.41, 5.74) is 10.2. The van der Waals surface area contributed by atoms with Gasteiger partial charge in [-0.05, 0) is 85.2 Å². The highest BCUT2D eigenvalue weighted by molar-refractivity contribution is 9.10. The Labute approximate surface area is 231 Å². The largest absolute Gasteiger partial charge is 0.393 e. The van der Waals surface area contributed by atoms with Gasteiger partial charge in [0.1, 0.15) is 10.3 Å². The number of benzene rings is 1. The summed E-state index contributed by atoms with van der Waals surface area (Å²) in [7, 11) is 0. The smallest absolute Gasteiger partial charge is 0.277 e. The Balaban J connectivity index is 1.56. The molecule has 1 saturated heterocycles. The molecule has 1 aromatic carbocycles. The van der Waals surface area contributed by atoms with E-state index in [2.05, 4.69) is 76.9 Å². The third-order valence-electron chi connectivity index (χ3n) is 8.36. The number of nitrogens with zero attached hydrogens (tertiary/aromatic N) is 3. The van der Waals surface area contributed by atoms with E-state index in [1.807, 2.05) is 0 Å². The van der Waals surface area contributed by atoms with Crippen LogP contribution in [-0.2, 0) is 6.42 Å². The third kappa shape index (κ3) is 5.92. The van der Waals surface area contributed by atoms with Crippen LogP contribution in [0, 0.1) is 11.3 Å². The van der Waals surface area contributed by atoms with Crippen LogP contribution in [0.3, 0.4) is 0 Å². The highest BCUT2D eigenvalue weighted by atomic mass is 79.9. The summed E-state index contributed by atoms with van der Waals surface area (Å²) in [4.78, 5) is 24.8. The average molecular weight is 586 g/mol. The average Bonchev–Trinajstić information content (AvgIpc) is 3.27. The molecule has 2 aromatic heterocycles. The fourth-order valence-electron chi connectivity index (χ4n) is 6.09. The number of hydrogen-bond acceptors (Lipinski definition) is 6. The van der Waals surface area contributed by atoms with Gasteiger partial charge < -0.3 is 15.7 Å². The van der Waals surface area contributed by atoms with Crippen molar-refractivity contribution in [2.45, 2.75) is 70.8 Å². The number of nitrogens with two attached hydrogens (primary N) is 1. The van der Waals surface area contributed by atoms with Crippen molar-refractivity contribution in [2.24, 2.45) is 17.1 Å². The second-order valence-electron chi connectivity index (χ2n) is 11.9. The van der Waals surface area contributed by atoms with Crippen LogP contribution in [0.1, 0.15) is 84.9 Å². The van der Waals surface area contributed by atoms with Gasteiger partial charge in [0.15, 0.2) is 5.01 Å². The molecule has 8 heteroatoms. The Morgan fingerprint density at radius 1 is 1.24 bits per heavy atom. The second kappa shape index (κ2) is 10.7. The first kappa shape index (κ1) is 26.7. The maximum atomic E-state index is 11.8. The van der Waals surface area contributed by atoms with Crippen molar-refractivity contribution in [3.8, 4) is 0 Å². The standard InChI is InChI=1S/C29H37BrN4O2S/c1-29(2,3)19-13-18-15-24-27(37-28(32-24)26(31)36)33-25(18)23(16-19)22(17-5-4-6-20(30)14-17)9-12-34-10-7-21(35)8-11-34/h4-6,14-15,19,21-23,35H,7-13,16H2,1-3H3,(H2,31,36)/t19?,22-,23?/m0/s1. The minimum atomic E-state index is -0.497. The summed E-state index contributed by atoms with van der Waals surface area (Å²) >= 11 is 5.01. The normalized spacial score (nSPS) is 22.2. The van der Waals surface area contributed by atoms with E-state index >= 15 is 0 Å². The predicted molar refractivity (Wildman–Crippen MR) is 153 cm³/mol. The number of pyridine rings is 1. The van der Waals surface area contributed by atoms with Crippen molar-refractivity contribution in [1.82, 2.24) is 14.9 Å². The fraction of sp³-hybridized carbons (Fsp3) is 0.552. The molecule has 0 radical (unpaired) electrons. The van der Waals surface area contributed by atoms with Gasteiger partial charge in [-0.2, -0.15) is 0 Å². The maximum absolute atomic E-state index is 11.8. The Hall–Kier alpha value is -1.87. The van der Waals surface area contributed by atoms with E-state index in [-0.39, 0.29) is 17.4 Å². The summed E-state index contributed by atoms with van der Waals surface area (Å²) in [6.45, 7) is 9.93. The molecule has 0 spiro atoms. The zero-order valence-corrected chi connectivity index (χ0v) is 24.3. The molecule has 0 bridgehead atoms. The van der Waals surface area contributed by atoms with Gasteiger partial charge in [0, 0.05) is 29.2 Å². The van der Waals surface area contributed by atoms with Crippen LogP contribution in [0.2, 0.25) is 0 Å². The molecule has 2 unspecified atom stereocenters. The molecule has 3 heterocycles. The van der Waals surface area contributed by atoms with Crippen molar-refractivity contribution in [3.05, 3.63) is 56.6 Å². The fourth-order valence-corrected chi connectivity index (χ4v) is 7.29. The Morgan fingerprint density at radius 3 is 2.68 bits per heavy atom. The first-order valence-electron chi connectivity index (χ1n) is 13.3. The molecule has 5 rings (SSSR count). The summed E-state index contributed by atoms with van der Waals surface area (Å²) in [5.74, 6) is 0.588. The number of hydrogen-bond donors (Lipinski definition) is 2. The molecule has 0 saturated carbocycles.